The van der Waals surface area contributed by atoms with E-state index in [0.717, 1.165) is 141 Å². The molecular weight excluding hydrogens is 1010 g/mol. The van der Waals surface area contributed by atoms with Crippen molar-refractivity contribution in [1.29, 1.82) is 0 Å². The highest BCUT2D eigenvalue weighted by molar-refractivity contribution is 5.71. The number of allylic oxidation sites excluding steroid dienone is 18. The van der Waals surface area contributed by atoms with Crippen molar-refractivity contribution in [2.75, 3.05) is 13.2 Å². The van der Waals surface area contributed by atoms with E-state index in [9.17, 15) is 14.4 Å². The first-order valence-corrected chi connectivity index (χ1v) is 34.9. The summed E-state index contributed by atoms with van der Waals surface area (Å²) in [6.07, 6.45) is 95.5. The Kier molecular flexibility index (Phi) is 66.2. The van der Waals surface area contributed by atoms with Crippen molar-refractivity contribution in [3.8, 4) is 0 Å². The van der Waals surface area contributed by atoms with Gasteiger partial charge in [-0.25, -0.2) is 0 Å². The van der Waals surface area contributed by atoms with Gasteiger partial charge in [0.2, 0.25) is 0 Å². The zero-order valence-corrected chi connectivity index (χ0v) is 54.0. The lowest BCUT2D eigenvalue weighted by atomic mass is 10.0. The van der Waals surface area contributed by atoms with Gasteiger partial charge in [-0.05, 0) is 122 Å². The summed E-state index contributed by atoms with van der Waals surface area (Å²) in [4.78, 5) is 38.3. The zero-order chi connectivity index (χ0) is 59.2. The number of unbranched alkanes of at least 4 members (excludes halogenated alkanes) is 34. The Labute approximate surface area is 508 Å². The average molecular weight is 1140 g/mol. The van der Waals surface area contributed by atoms with Crippen LogP contribution in [0.15, 0.2) is 109 Å². The van der Waals surface area contributed by atoms with E-state index in [1.54, 1.807) is 0 Å². The van der Waals surface area contributed by atoms with Crippen molar-refractivity contribution in [2.24, 2.45) is 0 Å². The highest BCUT2D eigenvalue weighted by atomic mass is 16.6. The second-order valence-corrected chi connectivity index (χ2v) is 23.1. The summed E-state index contributed by atoms with van der Waals surface area (Å²) in [5, 5.41) is 0. The molecule has 0 aromatic heterocycles. The van der Waals surface area contributed by atoms with Gasteiger partial charge in [0, 0.05) is 19.3 Å². The normalized spacial score (nSPS) is 12.8. The zero-order valence-electron chi connectivity index (χ0n) is 54.0. The summed E-state index contributed by atoms with van der Waals surface area (Å²) in [5.74, 6) is -0.907. The van der Waals surface area contributed by atoms with Crippen LogP contribution in [0, 0.1) is 0 Å². The lowest BCUT2D eigenvalue weighted by Crippen LogP contribution is -2.30. The van der Waals surface area contributed by atoms with E-state index >= 15 is 0 Å². The van der Waals surface area contributed by atoms with Crippen molar-refractivity contribution < 1.29 is 28.6 Å². The topological polar surface area (TPSA) is 78.9 Å². The van der Waals surface area contributed by atoms with Crippen LogP contribution < -0.4 is 0 Å². The van der Waals surface area contributed by atoms with E-state index in [0.29, 0.717) is 19.3 Å². The number of carbonyl (C=O) groups is 3. The van der Waals surface area contributed by atoms with Crippen LogP contribution in [0.4, 0.5) is 0 Å². The number of esters is 3. The molecule has 6 nitrogen and oxygen atoms in total. The van der Waals surface area contributed by atoms with E-state index in [1.807, 2.05) is 0 Å². The largest absolute Gasteiger partial charge is 0.462 e. The maximum Gasteiger partial charge on any atom is 0.306 e. The quantitative estimate of drug-likeness (QED) is 0.0261. The van der Waals surface area contributed by atoms with E-state index in [4.69, 9.17) is 14.2 Å². The molecule has 0 aromatic rings. The number of carbonyl (C=O) groups excluding carboxylic acids is 3. The molecule has 0 aromatic carbocycles. The van der Waals surface area contributed by atoms with Crippen LogP contribution >= 0.6 is 0 Å². The molecule has 0 rings (SSSR count). The lowest BCUT2D eigenvalue weighted by molar-refractivity contribution is -0.167. The second-order valence-electron chi connectivity index (χ2n) is 23.1. The SMILES string of the molecule is CC/C=C\C/C=C\C/C=C\C/C=C\C/C=C\C/C=C\C/C=C\CCCCCCCC(=O)OCC(COC(=O)CCCCCCC/C=C\CCC)OC(=O)CCCCCCCCCCCCCCCCC/C=C\CCCCCCCCCC. The first kappa shape index (κ1) is 78.1. The molecule has 0 aliphatic rings. The predicted molar refractivity (Wildman–Crippen MR) is 357 cm³/mol. The lowest BCUT2D eigenvalue weighted by Gasteiger charge is -2.18. The van der Waals surface area contributed by atoms with Crippen LogP contribution in [0.1, 0.15) is 335 Å². The predicted octanol–water partition coefficient (Wildman–Crippen LogP) is 24.2. The maximum absolute atomic E-state index is 12.9. The minimum Gasteiger partial charge on any atom is -0.462 e. The first-order valence-electron chi connectivity index (χ1n) is 34.9. The van der Waals surface area contributed by atoms with Crippen LogP contribution in [0.3, 0.4) is 0 Å². The van der Waals surface area contributed by atoms with E-state index in [1.165, 1.54) is 154 Å². The third kappa shape index (κ3) is 66.9. The molecule has 0 saturated carbocycles. The highest BCUT2D eigenvalue weighted by Gasteiger charge is 2.19. The molecule has 1 atom stereocenters. The average Bonchev–Trinajstić information content (AvgIpc) is 3.48. The summed E-state index contributed by atoms with van der Waals surface area (Å²) >= 11 is 0. The molecule has 0 radical (unpaired) electrons. The molecular formula is C76H130O6. The molecule has 0 spiro atoms. The smallest absolute Gasteiger partial charge is 0.306 e. The highest BCUT2D eigenvalue weighted by Crippen LogP contribution is 2.17. The van der Waals surface area contributed by atoms with Gasteiger partial charge in [0.15, 0.2) is 6.10 Å². The van der Waals surface area contributed by atoms with Gasteiger partial charge >= 0.3 is 17.9 Å². The molecule has 0 heterocycles. The van der Waals surface area contributed by atoms with Crippen molar-refractivity contribution in [3.05, 3.63) is 109 Å². The maximum atomic E-state index is 12.9. The fourth-order valence-electron chi connectivity index (χ4n) is 9.78. The van der Waals surface area contributed by atoms with Crippen LogP contribution in [0.25, 0.3) is 0 Å². The van der Waals surface area contributed by atoms with E-state index in [-0.39, 0.29) is 31.1 Å². The molecule has 1 unspecified atom stereocenters. The first-order chi connectivity index (χ1) is 40.5. The fourth-order valence-corrected chi connectivity index (χ4v) is 9.78. The minimum absolute atomic E-state index is 0.0880. The third-order valence-electron chi connectivity index (χ3n) is 15.0. The number of rotatable bonds is 63. The number of ether oxygens (including phenoxy) is 3. The Bertz CT molecular complexity index is 1640. The molecule has 6 heteroatoms. The van der Waals surface area contributed by atoms with Gasteiger partial charge in [0.05, 0.1) is 0 Å². The van der Waals surface area contributed by atoms with Crippen molar-refractivity contribution in [3.63, 3.8) is 0 Å². The molecule has 0 aliphatic carbocycles. The summed E-state index contributed by atoms with van der Waals surface area (Å²) in [6, 6.07) is 0. The Morgan fingerprint density at radius 3 is 0.805 bits per heavy atom. The van der Waals surface area contributed by atoms with Crippen molar-refractivity contribution in [2.45, 2.75) is 341 Å². The molecule has 0 amide bonds. The van der Waals surface area contributed by atoms with Gasteiger partial charge < -0.3 is 14.2 Å². The van der Waals surface area contributed by atoms with Crippen molar-refractivity contribution >= 4 is 17.9 Å². The summed E-state index contributed by atoms with van der Waals surface area (Å²) in [6.45, 7) is 6.47. The molecule has 470 valence electrons. The van der Waals surface area contributed by atoms with Gasteiger partial charge in [-0.2, -0.15) is 0 Å². The van der Waals surface area contributed by atoms with E-state index < -0.39 is 6.10 Å². The number of hydrogen-bond donors (Lipinski definition) is 0. The minimum atomic E-state index is -0.791. The Morgan fingerprint density at radius 1 is 0.256 bits per heavy atom. The molecule has 0 aliphatic heterocycles. The molecule has 0 N–H and O–H groups in total. The summed E-state index contributed by atoms with van der Waals surface area (Å²) in [5.41, 5.74) is 0. The van der Waals surface area contributed by atoms with Crippen LogP contribution in [-0.2, 0) is 28.6 Å². The standard InChI is InChI=1S/C76H130O6/c1-4-7-10-13-16-19-22-24-26-28-30-32-34-36-38-40-42-44-46-48-50-52-54-57-60-63-66-69-75(78)81-72-73(71-80-74(77)68-65-62-59-56-21-18-15-12-9-6-3)82-76(79)70-67-64-61-58-55-53-51-49-47-45-43-41-39-37-35-33-31-29-27-25-23-20-17-14-11-8-5-2/h7,10,12,15-16,19,24,26,29-32,36,38,42,44,48,50,73H,4-6,8-9,11,13-14,17-18,20-23,25,27-28,33-35,37,39-41,43,45-47,49,51-72H2,1-3H3/b10-7-,15-12-,19-16-,26-24-,31-29-,32-30-,38-36-,44-42-,50-48-. The van der Waals surface area contributed by atoms with Gasteiger partial charge in [-0.15, -0.1) is 0 Å². The van der Waals surface area contributed by atoms with Crippen molar-refractivity contribution in [1.82, 2.24) is 0 Å². The number of hydrogen-bond acceptors (Lipinski definition) is 6. The van der Waals surface area contributed by atoms with Gasteiger partial charge in [0.25, 0.3) is 0 Å². The van der Waals surface area contributed by atoms with Crippen LogP contribution in [0.2, 0.25) is 0 Å². The molecule has 0 saturated heterocycles. The Morgan fingerprint density at radius 2 is 0.500 bits per heavy atom. The van der Waals surface area contributed by atoms with E-state index in [2.05, 4.69) is 130 Å². The molecule has 0 bridgehead atoms. The van der Waals surface area contributed by atoms with Gasteiger partial charge in [-0.1, -0.05) is 304 Å². The molecule has 0 fully saturated rings. The Hall–Kier alpha value is -3.93. The third-order valence-corrected chi connectivity index (χ3v) is 15.0. The Balaban J connectivity index is 4.25. The summed E-state index contributed by atoms with van der Waals surface area (Å²) < 4.78 is 16.9. The van der Waals surface area contributed by atoms with Crippen LogP contribution in [-0.4, -0.2) is 37.2 Å². The molecule has 82 heavy (non-hydrogen) atoms. The summed E-state index contributed by atoms with van der Waals surface area (Å²) in [7, 11) is 0. The van der Waals surface area contributed by atoms with Gasteiger partial charge in [0.1, 0.15) is 13.2 Å². The fraction of sp³-hybridized carbons (Fsp3) is 0.724. The monoisotopic (exact) mass is 1140 g/mol. The van der Waals surface area contributed by atoms with Gasteiger partial charge in [-0.3, -0.25) is 14.4 Å². The second kappa shape index (κ2) is 69.6. The van der Waals surface area contributed by atoms with Crippen LogP contribution in [0.5, 0.6) is 0 Å².